The molecule has 4 fully saturated rings. The zero-order valence-electron chi connectivity index (χ0n) is 10.9. The van der Waals surface area contributed by atoms with Crippen LogP contribution in [0.1, 0.15) is 52.9 Å². The smallest absolute Gasteiger partial charge is 0.0975 e. The molecule has 3 aliphatic carbocycles. The predicted octanol–water partition coefficient (Wildman–Crippen LogP) is 3.63. The van der Waals surface area contributed by atoms with E-state index in [9.17, 15) is 0 Å². The van der Waals surface area contributed by atoms with Gasteiger partial charge in [-0.05, 0) is 55.3 Å². The summed E-state index contributed by atoms with van der Waals surface area (Å²) in [5.74, 6) is 2.87. The molecule has 0 aromatic carbocycles. The van der Waals surface area contributed by atoms with Gasteiger partial charge < -0.3 is 4.74 Å². The monoisotopic (exact) mass is 220 g/mol. The number of fused-ring (bicyclic) bond motifs is 1. The van der Waals surface area contributed by atoms with Crippen LogP contribution in [0.2, 0.25) is 0 Å². The van der Waals surface area contributed by atoms with Crippen molar-refractivity contribution in [2.75, 3.05) is 6.61 Å². The molecule has 0 amide bonds. The highest BCUT2D eigenvalue weighted by molar-refractivity contribution is 5.24. The molecule has 4 aliphatic rings. The Bertz CT molecular complexity index is 341. The van der Waals surface area contributed by atoms with Gasteiger partial charge in [0.1, 0.15) is 0 Å². The Labute approximate surface area is 98.9 Å². The van der Waals surface area contributed by atoms with E-state index in [2.05, 4.69) is 20.8 Å². The molecule has 1 heterocycles. The summed E-state index contributed by atoms with van der Waals surface area (Å²) in [6.07, 6.45) is 7.19. The van der Waals surface area contributed by atoms with E-state index in [0.29, 0.717) is 16.4 Å². The fourth-order valence-electron chi connectivity index (χ4n) is 6.19. The van der Waals surface area contributed by atoms with E-state index in [1.165, 1.54) is 32.1 Å². The lowest BCUT2D eigenvalue weighted by atomic mass is 9.65. The molecular formula is C15H24O. The van der Waals surface area contributed by atoms with E-state index in [4.69, 9.17) is 4.74 Å². The van der Waals surface area contributed by atoms with Gasteiger partial charge in [-0.3, -0.25) is 0 Å². The Morgan fingerprint density at radius 1 is 1.12 bits per heavy atom. The van der Waals surface area contributed by atoms with Gasteiger partial charge in [0.25, 0.3) is 0 Å². The van der Waals surface area contributed by atoms with Gasteiger partial charge in [0, 0.05) is 5.41 Å². The zero-order chi connectivity index (χ0) is 11.2. The third kappa shape index (κ3) is 0.836. The Morgan fingerprint density at radius 3 is 2.56 bits per heavy atom. The van der Waals surface area contributed by atoms with Crippen molar-refractivity contribution in [3.05, 3.63) is 0 Å². The van der Waals surface area contributed by atoms with E-state index >= 15 is 0 Å². The van der Waals surface area contributed by atoms with Gasteiger partial charge in [0.2, 0.25) is 0 Å². The number of hydrogen-bond donors (Lipinski definition) is 0. The van der Waals surface area contributed by atoms with Crippen LogP contribution in [0.3, 0.4) is 0 Å². The average Bonchev–Trinajstić information content (AvgIpc) is 2.89. The summed E-state index contributed by atoms with van der Waals surface area (Å²) in [6, 6.07) is 0. The van der Waals surface area contributed by atoms with Crippen LogP contribution < -0.4 is 0 Å². The van der Waals surface area contributed by atoms with Gasteiger partial charge in [-0.25, -0.2) is 0 Å². The third-order valence-corrected chi connectivity index (χ3v) is 7.07. The number of hydrogen-bond acceptors (Lipinski definition) is 1. The summed E-state index contributed by atoms with van der Waals surface area (Å²) in [6.45, 7) is 8.67. The van der Waals surface area contributed by atoms with Crippen molar-refractivity contribution in [2.24, 2.45) is 28.6 Å². The molecule has 2 spiro atoms. The molecule has 90 valence electrons. The van der Waals surface area contributed by atoms with Crippen molar-refractivity contribution in [1.82, 2.24) is 0 Å². The Morgan fingerprint density at radius 2 is 1.88 bits per heavy atom. The summed E-state index contributed by atoms with van der Waals surface area (Å²) in [5, 5.41) is 0. The first-order valence-electron chi connectivity index (χ1n) is 7.16. The first kappa shape index (κ1) is 9.94. The highest BCUT2D eigenvalue weighted by Gasteiger charge is 2.75. The predicted molar refractivity (Wildman–Crippen MR) is 64.1 cm³/mol. The van der Waals surface area contributed by atoms with Crippen LogP contribution in [0.4, 0.5) is 0 Å². The maximum Gasteiger partial charge on any atom is 0.0975 e. The second-order valence-electron chi connectivity index (χ2n) is 7.68. The van der Waals surface area contributed by atoms with Crippen LogP contribution in [0, 0.1) is 28.6 Å². The van der Waals surface area contributed by atoms with E-state index < -0.39 is 0 Å². The SMILES string of the molecule is C[C@H]1CC[C@]23C[C@H]1C(C)(C)[C@H]2CCC31CO1. The standard InChI is InChI=1S/C15H24O/c1-10-4-6-14-8-11(10)13(2,3)12(14)5-7-15(14)9-16-15/h10-12H,4-9H2,1-3H3/t10-,11+,12+,14-,15?/m0/s1. The van der Waals surface area contributed by atoms with Crippen LogP contribution >= 0.6 is 0 Å². The average molecular weight is 220 g/mol. The van der Waals surface area contributed by atoms with E-state index in [-0.39, 0.29) is 0 Å². The maximum absolute atomic E-state index is 5.98. The minimum Gasteiger partial charge on any atom is -0.369 e. The molecule has 1 unspecified atom stereocenters. The van der Waals surface area contributed by atoms with Crippen LogP contribution in [0.25, 0.3) is 0 Å². The van der Waals surface area contributed by atoms with Crippen molar-refractivity contribution < 1.29 is 4.74 Å². The van der Waals surface area contributed by atoms with E-state index in [0.717, 1.165) is 24.4 Å². The molecule has 1 saturated heterocycles. The molecule has 1 aliphatic heterocycles. The molecule has 3 saturated carbocycles. The van der Waals surface area contributed by atoms with Crippen LogP contribution in [0.5, 0.6) is 0 Å². The van der Waals surface area contributed by atoms with Crippen molar-refractivity contribution >= 4 is 0 Å². The van der Waals surface area contributed by atoms with Crippen molar-refractivity contribution in [3.8, 4) is 0 Å². The molecule has 4 rings (SSSR count). The topological polar surface area (TPSA) is 12.5 Å². The molecule has 0 aromatic heterocycles. The second-order valence-corrected chi connectivity index (χ2v) is 7.68. The van der Waals surface area contributed by atoms with Gasteiger partial charge in [-0.15, -0.1) is 0 Å². The molecule has 16 heavy (non-hydrogen) atoms. The van der Waals surface area contributed by atoms with Gasteiger partial charge >= 0.3 is 0 Å². The number of rotatable bonds is 0. The van der Waals surface area contributed by atoms with E-state index in [1.54, 1.807) is 0 Å². The molecule has 0 aromatic rings. The lowest BCUT2D eigenvalue weighted by molar-refractivity contribution is 0.0621. The number of ether oxygens (including phenoxy) is 1. The van der Waals surface area contributed by atoms with Crippen molar-refractivity contribution in [2.45, 2.75) is 58.5 Å². The van der Waals surface area contributed by atoms with Gasteiger partial charge in [-0.1, -0.05) is 20.8 Å². The molecule has 0 N–H and O–H groups in total. The van der Waals surface area contributed by atoms with Crippen LogP contribution in [0.15, 0.2) is 0 Å². The Hall–Kier alpha value is -0.0400. The summed E-state index contributed by atoms with van der Waals surface area (Å²) in [5.41, 5.74) is 1.54. The molecule has 1 nitrogen and oxygen atoms in total. The minimum atomic E-state index is 0.365. The third-order valence-electron chi connectivity index (χ3n) is 7.07. The summed E-state index contributed by atoms with van der Waals surface area (Å²) in [4.78, 5) is 0. The second kappa shape index (κ2) is 2.53. The minimum absolute atomic E-state index is 0.365. The lowest BCUT2D eigenvalue weighted by Crippen LogP contribution is -2.38. The normalized spacial score (nSPS) is 61.3. The summed E-state index contributed by atoms with van der Waals surface area (Å²) >= 11 is 0. The number of epoxide rings is 1. The van der Waals surface area contributed by atoms with Gasteiger partial charge in [0.15, 0.2) is 0 Å². The van der Waals surface area contributed by atoms with Crippen LogP contribution in [-0.2, 0) is 4.74 Å². The fraction of sp³-hybridized carbons (Fsp3) is 1.00. The highest BCUT2D eigenvalue weighted by Crippen LogP contribution is 2.76. The first-order chi connectivity index (χ1) is 7.52. The van der Waals surface area contributed by atoms with Gasteiger partial charge in [0.05, 0.1) is 12.2 Å². The maximum atomic E-state index is 5.98. The summed E-state index contributed by atoms with van der Waals surface area (Å²) in [7, 11) is 0. The fourth-order valence-corrected chi connectivity index (χ4v) is 6.19. The Balaban J connectivity index is 1.84. The molecular weight excluding hydrogens is 196 g/mol. The highest BCUT2D eigenvalue weighted by atomic mass is 16.6. The zero-order valence-corrected chi connectivity index (χ0v) is 10.9. The quantitative estimate of drug-likeness (QED) is 0.568. The van der Waals surface area contributed by atoms with Gasteiger partial charge in [-0.2, -0.15) is 0 Å². The van der Waals surface area contributed by atoms with Crippen LogP contribution in [-0.4, -0.2) is 12.2 Å². The van der Waals surface area contributed by atoms with Crippen molar-refractivity contribution in [1.29, 1.82) is 0 Å². The van der Waals surface area contributed by atoms with Crippen molar-refractivity contribution in [3.63, 3.8) is 0 Å². The molecule has 5 atom stereocenters. The first-order valence-corrected chi connectivity index (χ1v) is 7.16. The molecule has 1 heteroatoms. The molecule has 2 bridgehead atoms. The summed E-state index contributed by atoms with van der Waals surface area (Å²) < 4.78 is 5.98. The molecule has 0 radical (unpaired) electrons. The largest absolute Gasteiger partial charge is 0.369 e. The Kier molecular flexibility index (Phi) is 1.57. The van der Waals surface area contributed by atoms with E-state index in [1.807, 2.05) is 0 Å². The lowest BCUT2D eigenvalue weighted by Gasteiger charge is -2.39.